The van der Waals surface area contributed by atoms with Crippen LogP contribution in [0, 0.1) is 0 Å². The summed E-state index contributed by atoms with van der Waals surface area (Å²) in [6.07, 6.45) is -4.34. The third-order valence-electron chi connectivity index (χ3n) is 3.22. The van der Waals surface area contributed by atoms with E-state index in [1.807, 2.05) is 11.8 Å². The van der Waals surface area contributed by atoms with Crippen molar-refractivity contribution in [1.29, 1.82) is 0 Å². The quantitative estimate of drug-likeness (QED) is 0.907. The van der Waals surface area contributed by atoms with Crippen LogP contribution < -0.4 is 10.6 Å². The average molecular weight is 290 g/mol. The first kappa shape index (κ1) is 14.5. The van der Waals surface area contributed by atoms with E-state index in [1.54, 1.807) is 12.1 Å². The summed E-state index contributed by atoms with van der Waals surface area (Å²) in [5, 5.41) is 0.498. The highest BCUT2D eigenvalue weighted by molar-refractivity contribution is 8.00. The predicted octanol–water partition coefficient (Wildman–Crippen LogP) is 3.11. The molecule has 1 aliphatic rings. The first-order valence-corrected chi connectivity index (χ1v) is 7.23. The van der Waals surface area contributed by atoms with E-state index in [4.69, 9.17) is 5.73 Å². The summed E-state index contributed by atoms with van der Waals surface area (Å²) in [4.78, 5) is 2.13. The molecule has 1 aliphatic heterocycles. The van der Waals surface area contributed by atoms with Crippen LogP contribution in [-0.2, 0) is 12.7 Å². The van der Waals surface area contributed by atoms with Crippen LogP contribution in [0.15, 0.2) is 18.2 Å². The number of rotatable bonds is 2. The maximum Gasteiger partial charge on any atom is 0.416 e. The van der Waals surface area contributed by atoms with Crippen LogP contribution in [0.2, 0.25) is 0 Å². The molecule has 1 unspecified atom stereocenters. The normalized spacial score (nSPS) is 20.7. The highest BCUT2D eigenvalue weighted by Gasteiger charge is 2.33. The molecular weight excluding hydrogens is 273 g/mol. The molecule has 19 heavy (non-hydrogen) atoms. The molecule has 0 aromatic heterocycles. The monoisotopic (exact) mass is 290 g/mol. The van der Waals surface area contributed by atoms with Crippen molar-refractivity contribution >= 4 is 17.4 Å². The summed E-state index contributed by atoms with van der Waals surface area (Å²) in [6, 6.07) is 4.26. The SMILES string of the molecule is CC1CN(c2ccc(C(F)(F)F)c(CN)c2)CCS1. The highest BCUT2D eigenvalue weighted by atomic mass is 32.2. The van der Waals surface area contributed by atoms with E-state index in [0.29, 0.717) is 5.25 Å². The fourth-order valence-corrected chi connectivity index (χ4v) is 3.29. The molecule has 1 heterocycles. The van der Waals surface area contributed by atoms with Gasteiger partial charge >= 0.3 is 6.18 Å². The zero-order chi connectivity index (χ0) is 14.0. The number of halogens is 3. The topological polar surface area (TPSA) is 29.3 Å². The summed E-state index contributed by atoms with van der Waals surface area (Å²) in [6.45, 7) is 3.76. The minimum atomic E-state index is -4.34. The lowest BCUT2D eigenvalue weighted by molar-refractivity contribution is -0.138. The third kappa shape index (κ3) is 3.36. The van der Waals surface area contributed by atoms with Gasteiger partial charge in [-0.3, -0.25) is 0 Å². The second-order valence-corrected chi connectivity index (χ2v) is 6.22. The molecular formula is C13H17F3N2S. The van der Waals surface area contributed by atoms with Crippen molar-refractivity contribution in [3.8, 4) is 0 Å². The van der Waals surface area contributed by atoms with Gasteiger partial charge in [-0.25, -0.2) is 0 Å². The lowest BCUT2D eigenvalue weighted by Crippen LogP contribution is -2.36. The van der Waals surface area contributed by atoms with E-state index in [9.17, 15) is 13.2 Å². The van der Waals surface area contributed by atoms with Crippen molar-refractivity contribution in [3.63, 3.8) is 0 Å². The van der Waals surface area contributed by atoms with E-state index in [0.717, 1.165) is 30.6 Å². The zero-order valence-electron chi connectivity index (χ0n) is 10.7. The number of anilines is 1. The Morgan fingerprint density at radius 3 is 2.74 bits per heavy atom. The average Bonchev–Trinajstić information content (AvgIpc) is 2.37. The molecule has 0 bridgehead atoms. The summed E-state index contributed by atoms with van der Waals surface area (Å²) in [5.41, 5.74) is 5.82. The van der Waals surface area contributed by atoms with Crippen molar-refractivity contribution in [2.45, 2.75) is 24.9 Å². The minimum Gasteiger partial charge on any atom is -0.370 e. The Balaban J connectivity index is 2.28. The van der Waals surface area contributed by atoms with Crippen LogP contribution in [-0.4, -0.2) is 24.1 Å². The molecule has 2 nitrogen and oxygen atoms in total. The fraction of sp³-hybridized carbons (Fsp3) is 0.538. The highest BCUT2D eigenvalue weighted by Crippen LogP contribution is 2.34. The molecule has 106 valence electrons. The van der Waals surface area contributed by atoms with Crippen LogP contribution in [0.3, 0.4) is 0 Å². The molecule has 1 saturated heterocycles. The van der Waals surface area contributed by atoms with Gasteiger partial charge in [0.25, 0.3) is 0 Å². The number of thioether (sulfide) groups is 1. The minimum absolute atomic E-state index is 0.0964. The summed E-state index contributed by atoms with van der Waals surface area (Å²) < 4.78 is 38.4. The fourth-order valence-electron chi connectivity index (χ4n) is 2.28. The lowest BCUT2D eigenvalue weighted by atomic mass is 10.1. The maximum atomic E-state index is 12.8. The summed E-state index contributed by atoms with van der Waals surface area (Å²) >= 11 is 1.89. The summed E-state index contributed by atoms with van der Waals surface area (Å²) in [5.74, 6) is 1.00. The molecule has 1 atom stereocenters. The molecule has 0 radical (unpaired) electrons. The second kappa shape index (κ2) is 5.63. The Bertz CT molecular complexity index is 448. The molecule has 0 saturated carbocycles. The molecule has 2 rings (SSSR count). The number of alkyl halides is 3. The van der Waals surface area contributed by atoms with Gasteiger partial charge in [-0.2, -0.15) is 24.9 Å². The van der Waals surface area contributed by atoms with Gasteiger partial charge in [0.05, 0.1) is 5.56 Å². The first-order valence-electron chi connectivity index (χ1n) is 6.18. The van der Waals surface area contributed by atoms with Gasteiger partial charge < -0.3 is 10.6 Å². The second-order valence-electron chi connectivity index (χ2n) is 4.67. The molecule has 0 spiro atoms. The van der Waals surface area contributed by atoms with Gasteiger partial charge in [-0.05, 0) is 23.8 Å². The van der Waals surface area contributed by atoms with Crippen molar-refractivity contribution < 1.29 is 13.2 Å². The molecule has 1 fully saturated rings. The van der Waals surface area contributed by atoms with Gasteiger partial charge in [-0.15, -0.1) is 0 Å². The van der Waals surface area contributed by atoms with Crippen LogP contribution in [0.5, 0.6) is 0 Å². The van der Waals surface area contributed by atoms with Crippen molar-refractivity contribution in [2.75, 3.05) is 23.7 Å². The molecule has 1 aromatic rings. The lowest BCUT2D eigenvalue weighted by Gasteiger charge is -2.33. The van der Waals surface area contributed by atoms with Gasteiger partial charge in [0.1, 0.15) is 0 Å². The maximum absolute atomic E-state index is 12.8. The van der Waals surface area contributed by atoms with Gasteiger partial charge in [0.15, 0.2) is 0 Å². The Morgan fingerprint density at radius 2 is 2.16 bits per heavy atom. The van der Waals surface area contributed by atoms with Gasteiger partial charge in [0.2, 0.25) is 0 Å². The van der Waals surface area contributed by atoms with Crippen molar-refractivity contribution in [1.82, 2.24) is 0 Å². The molecule has 1 aromatic carbocycles. The predicted molar refractivity (Wildman–Crippen MR) is 73.5 cm³/mol. The van der Waals surface area contributed by atoms with Crippen molar-refractivity contribution in [2.24, 2.45) is 5.73 Å². The number of nitrogens with two attached hydrogens (primary N) is 1. The van der Waals surface area contributed by atoms with Crippen molar-refractivity contribution in [3.05, 3.63) is 29.3 Å². The Hall–Kier alpha value is -0.880. The first-order chi connectivity index (χ1) is 8.91. The Labute approximate surface area is 115 Å². The molecule has 2 N–H and O–H groups in total. The van der Waals surface area contributed by atoms with Gasteiger partial charge in [-0.1, -0.05) is 6.92 Å². The van der Waals surface area contributed by atoms with Crippen LogP contribution in [0.25, 0.3) is 0 Å². The largest absolute Gasteiger partial charge is 0.416 e. The third-order valence-corrected chi connectivity index (χ3v) is 4.36. The number of hydrogen-bond donors (Lipinski definition) is 1. The van der Waals surface area contributed by atoms with E-state index in [2.05, 4.69) is 11.8 Å². The molecule has 0 amide bonds. The van der Waals surface area contributed by atoms with E-state index >= 15 is 0 Å². The number of benzene rings is 1. The van der Waals surface area contributed by atoms with Gasteiger partial charge in [0, 0.05) is 36.3 Å². The van der Waals surface area contributed by atoms with Crippen LogP contribution in [0.1, 0.15) is 18.1 Å². The van der Waals surface area contributed by atoms with Crippen LogP contribution >= 0.6 is 11.8 Å². The molecule has 0 aliphatic carbocycles. The Morgan fingerprint density at radius 1 is 1.42 bits per heavy atom. The standard InChI is InChI=1S/C13H17F3N2S/c1-9-8-18(4-5-19-9)11-2-3-12(13(14,15)16)10(6-11)7-17/h2-3,6,9H,4-5,7-8,17H2,1H3. The number of nitrogens with zero attached hydrogens (tertiary/aromatic N) is 1. The van der Waals surface area contributed by atoms with E-state index in [1.165, 1.54) is 0 Å². The smallest absolute Gasteiger partial charge is 0.370 e. The summed E-state index contributed by atoms with van der Waals surface area (Å²) in [7, 11) is 0. The van der Waals surface area contributed by atoms with Crippen LogP contribution in [0.4, 0.5) is 18.9 Å². The van der Waals surface area contributed by atoms with E-state index < -0.39 is 11.7 Å². The number of hydrogen-bond acceptors (Lipinski definition) is 3. The van der Waals surface area contributed by atoms with E-state index in [-0.39, 0.29) is 12.1 Å². The molecule has 6 heteroatoms. The Kier molecular flexibility index (Phi) is 4.30. The zero-order valence-corrected chi connectivity index (χ0v) is 11.5.